The molecule has 110 valence electrons. The molecule has 0 saturated heterocycles. The number of halogens is 2. The number of nitrogens with one attached hydrogen (secondary N) is 2. The largest absolute Gasteiger partial charge is 0.478 e. The van der Waals surface area contributed by atoms with Gasteiger partial charge >= 0.3 is 12.0 Å². The molecule has 1 heterocycles. The zero-order valence-electron chi connectivity index (χ0n) is 10.5. The van der Waals surface area contributed by atoms with Gasteiger partial charge in [-0.2, -0.15) is 0 Å². The average molecular weight is 434 g/mol. The van der Waals surface area contributed by atoms with E-state index in [0.717, 1.165) is 9.35 Å². The zero-order chi connectivity index (χ0) is 15.4. The van der Waals surface area contributed by atoms with Crippen LogP contribution in [0, 0.1) is 0 Å². The molecule has 21 heavy (non-hydrogen) atoms. The number of benzene rings is 1. The molecule has 3 N–H and O–H groups in total. The number of hydrogen-bond donors (Lipinski definition) is 3. The molecule has 0 aliphatic rings. The Morgan fingerprint density at radius 3 is 2.52 bits per heavy atom. The van der Waals surface area contributed by atoms with Gasteiger partial charge in [-0.1, -0.05) is 0 Å². The number of aromatic carboxylic acids is 1. The van der Waals surface area contributed by atoms with Gasteiger partial charge < -0.3 is 15.7 Å². The molecule has 8 heteroatoms. The molecule has 2 rings (SSSR count). The van der Waals surface area contributed by atoms with Gasteiger partial charge in [-0.15, -0.1) is 11.3 Å². The Bertz CT molecular complexity index is 688. The van der Waals surface area contributed by atoms with E-state index >= 15 is 0 Å². The van der Waals surface area contributed by atoms with Crippen LogP contribution in [0.5, 0.6) is 0 Å². The van der Waals surface area contributed by atoms with Crippen molar-refractivity contribution in [1.29, 1.82) is 0 Å². The number of carboxylic acids is 1. The third-order valence-electron chi connectivity index (χ3n) is 2.56. The summed E-state index contributed by atoms with van der Waals surface area (Å²) < 4.78 is 1.47. The molecule has 0 aliphatic heterocycles. The number of urea groups is 1. The molecule has 1 aromatic heterocycles. The highest BCUT2D eigenvalue weighted by Gasteiger charge is 2.10. The first-order valence-electron chi connectivity index (χ1n) is 5.77. The van der Waals surface area contributed by atoms with Gasteiger partial charge in [0, 0.05) is 13.8 Å². The lowest BCUT2D eigenvalue weighted by Crippen LogP contribution is -2.28. The van der Waals surface area contributed by atoms with Crippen LogP contribution in [0.2, 0.25) is 0 Å². The minimum absolute atomic E-state index is 0.148. The van der Waals surface area contributed by atoms with E-state index in [2.05, 4.69) is 42.5 Å². The molecule has 0 aliphatic carbocycles. The summed E-state index contributed by atoms with van der Waals surface area (Å²) in [7, 11) is 0. The van der Waals surface area contributed by atoms with Crippen LogP contribution in [0.1, 0.15) is 15.2 Å². The molecule has 1 aromatic carbocycles. The highest BCUT2D eigenvalue weighted by atomic mass is 79.9. The Labute approximate surface area is 141 Å². The molecule has 0 spiro atoms. The normalized spacial score (nSPS) is 10.2. The smallest absolute Gasteiger partial charge is 0.335 e. The van der Waals surface area contributed by atoms with Gasteiger partial charge in [-0.3, -0.25) is 0 Å². The van der Waals surface area contributed by atoms with Crippen molar-refractivity contribution in [2.75, 3.05) is 5.32 Å². The van der Waals surface area contributed by atoms with Crippen molar-refractivity contribution in [2.45, 2.75) is 6.54 Å². The van der Waals surface area contributed by atoms with Crippen LogP contribution in [0.3, 0.4) is 0 Å². The number of carbonyl (C=O) groups is 2. The van der Waals surface area contributed by atoms with Gasteiger partial charge in [0.15, 0.2) is 0 Å². The van der Waals surface area contributed by atoms with E-state index in [4.69, 9.17) is 5.11 Å². The molecule has 0 bridgehead atoms. The van der Waals surface area contributed by atoms with E-state index in [1.807, 2.05) is 11.4 Å². The fraction of sp³-hybridized carbons (Fsp3) is 0.0769. The Morgan fingerprint density at radius 1 is 1.19 bits per heavy atom. The van der Waals surface area contributed by atoms with E-state index in [1.54, 1.807) is 11.3 Å². The van der Waals surface area contributed by atoms with Crippen LogP contribution in [-0.2, 0) is 6.54 Å². The summed E-state index contributed by atoms with van der Waals surface area (Å²) in [5.41, 5.74) is 0.651. The number of thiophene rings is 1. The van der Waals surface area contributed by atoms with Gasteiger partial charge in [0.1, 0.15) is 0 Å². The molecule has 2 aromatic rings. The fourth-order valence-corrected chi connectivity index (χ4v) is 3.44. The molecule has 5 nitrogen and oxygen atoms in total. The predicted molar refractivity (Wildman–Crippen MR) is 89.0 cm³/mol. The lowest BCUT2D eigenvalue weighted by atomic mass is 10.2. The Morgan fingerprint density at radius 2 is 1.95 bits per heavy atom. The molecule has 0 atom stereocenters. The fourth-order valence-electron chi connectivity index (χ4n) is 1.53. The summed E-state index contributed by atoms with van der Waals surface area (Å²) in [6.07, 6.45) is 0. The molecule has 0 unspecified atom stereocenters. The summed E-state index contributed by atoms with van der Waals surface area (Å²) in [6, 6.07) is 5.96. The van der Waals surface area contributed by atoms with Crippen molar-refractivity contribution in [1.82, 2.24) is 5.32 Å². The number of anilines is 1. The second-order valence-electron chi connectivity index (χ2n) is 4.00. The van der Waals surface area contributed by atoms with E-state index in [0.29, 0.717) is 16.7 Å². The molecule has 0 fully saturated rings. The van der Waals surface area contributed by atoms with Crippen molar-refractivity contribution < 1.29 is 14.7 Å². The van der Waals surface area contributed by atoms with Crippen molar-refractivity contribution in [3.8, 4) is 0 Å². The van der Waals surface area contributed by atoms with Crippen molar-refractivity contribution >= 4 is 60.9 Å². The molecular weight excluding hydrogens is 424 g/mol. The third-order valence-corrected chi connectivity index (χ3v) is 5.15. The minimum Gasteiger partial charge on any atom is -0.478 e. The quantitative estimate of drug-likeness (QED) is 0.672. The van der Waals surface area contributed by atoms with Crippen molar-refractivity contribution in [2.24, 2.45) is 0 Å². The lowest BCUT2D eigenvalue weighted by molar-refractivity contribution is 0.0697. The maximum absolute atomic E-state index is 11.8. The number of hydrogen-bond acceptors (Lipinski definition) is 3. The summed E-state index contributed by atoms with van der Waals surface area (Å²) in [5, 5.41) is 16.2. The monoisotopic (exact) mass is 432 g/mol. The first-order valence-corrected chi connectivity index (χ1v) is 8.23. The summed E-state index contributed by atoms with van der Waals surface area (Å²) >= 11 is 8.17. The summed E-state index contributed by atoms with van der Waals surface area (Å²) in [5.74, 6) is -1.02. The summed E-state index contributed by atoms with van der Waals surface area (Å²) in [6.45, 7) is 0.412. The number of carboxylic acid groups (broad SMARTS) is 1. The van der Waals surface area contributed by atoms with E-state index in [1.165, 1.54) is 18.2 Å². The zero-order valence-corrected chi connectivity index (χ0v) is 14.5. The molecule has 2 amide bonds. The SMILES string of the molecule is O=C(NCc1sccc1Br)Nc1ccc(C(=O)O)cc1Br. The standard InChI is InChI=1S/C13H10Br2N2O3S/c14-8-3-4-21-11(8)6-16-13(20)17-10-2-1-7(12(18)19)5-9(10)15/h1-5H,6H2,(H,18,19)(H2,16,17,20). The second kappa shape index (κ2) is 7.06. The Hall–Kier alpha value is -1.38. The minimum atomic E-state index is -1.02. The number of amides is 2. The number of rotatable bonds is 4. The van der Waals surface area contributed by atoms with Gasteiger partial charge in [-0.05, 0) is 61.5 Å². The highest BCUT2D eigenvalue weighted by molar-refractivity contribution is 9.11. The first kappa shape index (κ1) is 16.0. The van der Waals surface area contributed by atoms with Crippen LogP contribution < -0.4 is 10.6 Å². The van der Waals surface area contributed by atoms with Gasteiger partial charge in [0.25, 0.3) is 0 Å². The maximum Gasteiger partial charge on any atom is 0.335 e. The first-order chi connectivity index (χ1) is 9.97. The van der Waals surface area contributed by atoms with Crippen LogP contribution in [0.4, 0.5) is 10.5 Å². The molecular formula is C13H10Br2N2O3S. The summed E-state index contributed by atoms with van der Waals surface area (Å²) in [4.78, 5) is 23.7. The van der Waals surface area contributed by atoms with Gasteiger partial charge in [0.05, 0.1) is 17.8 Å². The molecule has 0 radical (unpaired) electrons. The second-order valence-corrected chi connectivity index (χ2v) is 6.71. The predicted octanol–water partition coefficient (Wildman–Crippen LogP) is 4.29. The van der Waals surface area contributed by atoms with Crippen molar-refractivity contribution in [3.05, 3.63) is 49.0 Å². The third kappa shape index (κ3) is 4.29. The van der Waals surface area contributed by atoms with E-state index < -0.39 is 5.97 Å². The Kier molecular flexibility index (Phi) is 5.38. The van der Waals surface area contributed by atoms with Crippen LogP contribution in [-0.4, -0.2) is 17.1 Å². The van der Waals surface area contributed by atoms with E-state index in [9.17, 15) is 9.59 Å². The van der Waals surface area contributed by atoms with Crippen LogP contribution in [0.25, 0.3) is 0 Å². The topological polar surface area (TPSA) is 78.4 Å². The average Bonchev–Trinajstić information content (AvgIpc) is 2.84. The number of carbonyl (C=O) groups excluding carboxylic acids is 1. The van der Waals surface area contributed by atoms with E-state index in [-0.39, 0.29) is 11.6 Å². The Balaban J connectivity index is 1.96. The van der Waals surface area contributed by atoms with Crippen LogP contribution in [0.15, 0.2) is 38.6 Å². The maximum atomic E-state index is 11.8. The highest BCUT2D eigenvalue weighted by Crippen LogP contribution is 2.24. The van der Waals surface area contributed by atoms with Gasteiger partial charge in [-0.25, -0.2) is 9.59 Å². The van der Waals surface area contributed by atoms with Crippen LogP contribution >= 0.6 is 43.2 Å². The van der Waals surface area contributed by atoms with Crippen molar-refractivity contribution in [3.63, 3.8) is 0 Å². The molecule has 0 saturated carbocycles. The lowest BCUT2D eigenvalue weighted by Gasteiger charge is -2.09. The van der Waals surface area contributed by atoms with Gasteiger partial charge in [0.2, 0.25) is 0 Å².